The van der Waals surface area contributed by atoms with Gasteiger partial charge in [-0.05, 0) is 38.3 Å². The van der Waals surface area contributed by atoms with Gasteiger partial charge in [-0.2, -0.15) is 0 Å². The van der Waals surface area contributed by atoms with Crippen molar-refractivity contribution >= 4 is 23.3 Å². The third-order valence-corrected chi connectivity index (χ3v) is 3.86. The summed E-state index contributed by atoms with van der Waals surface area (Å²) in [6, 6.07) is 7.22. The molecular weight excluding hydrogens is 262 g/mol. The fraction of sp³-hybridized carbons (Fsp3) is 0.500. The number of rotatable bonds is 2. The molecule has 2 unspecified atom stereocenters. The SMILES string of the molecule is CC(N)C1CCCCN1C(=O)Nc1ccccc1Cl. The molecule has 0 bridgehead atoms. The topological polar surface area (TPSA) is 58.4 Å². The Bertz CT molecular complexity index is 450. The second-order valence-corrected chi connectivity index (χ2v) is 5.43. The van der Waals surface area contributed by atoms with Crippen molar-refractivity contribution in [1.29, 1.82) is 0 Å². The van der Waals surface area contributed by atoms with E-state index < -0.39 is 0 Å². The summed E-state index contributed by atoms with van der Waals surface area (Å²) >= 11 is 6.05. The molecule has 0 radical (unpaired) electrons. The lowest BCUT2D eigenvalue weighted by Crippen LogP contribution is -2.53. The first-order chi connectivity index (χ1) is 9.09. The summed E-state index contributed by atoms with van der Waals surface area (Å²) in [5.41, 5.74) is 6.61. The van der Waals surface area contributed by atoms with Gasteiger partial charge in [0.1, 0.15) is 0 Å². The number of nitrogens with one attached hydrogen (secondary N) is 1. The molecule has 1 aromatic carbocycles. The van der Waals surface area contributed by atoms with Gasteiger partial charge in [-0.1, -0.05) is 23.7 Å². The maximum Gasteiger partial charge on any atom is 0.322 e. The highest BCUT2D eigenvalue weighted by Crippen LogP contribution is 2.23. The van der Waals surface area contributed by atoms with Gasteiger partial charge in [-0.15, -0.1) is 0 Å². The number of benzene rings is 1. The minimum absolute atomic E-state index is 0.0164. The molecule has 0 saturated carbocycles. The Morgan fingerprint density at radius 2 is 2.21 bits per heavy atom. The first-order valence-corrected chi connectivity index (χ1v) is 7.05. The zero-order valence-corrected chi connectivity index (χ0v) is 11.9. The molecule has 0 aliphatic carbocycles. The molecule has 1 heterocycles. The van der Waals surface area contributed by atoms with E-state index in [2.05, 4.69) is 5.32 Å². The third-order valence-electron chi connectivity index (χ3n) is 3.53. The van der Waals surface area contributed by atoms with Gasteiger partial charge < -0.3 is 16.0 Å². The zero-order valence-electron chi connectivity index (χ0n) is 11.1. The molecule has 2 atom stereocenters. The molecule has 0 spiro atoms. The second-order valence-electron chi connectivity index (χ2n) is 5.03. The molecule has 2 rings (SSSR count). The van der Waals surface area contributed by atoms with Gasteiger partial charge in [-0.25, -0.2) is 4.79 Å². The number of piperidine rings is 1. The van der Waals surface area contributed by atoms with Crippen LogP contribution in [0.1, 0.15) is 26.2 Å². The number of amides is 2. The Morgan fingerprint density at radius 3 is 2.89 bits per heavy atom. The lowest BCUT2D eigenvalue weighted by atomic mass is 9.97. The molecule has 1 fully saturated rings. The van der Waals surface area contributed by atoms with Gasteiger partial charge in [-0.3, -0.25) is 0 Å². The smallest absolute Gasteiger partial charge is 0.322 e. The summed E-state index contributed by atoms with van der Waals surface area (Å²) in [6.45, 7) is 2.70. The summed E-state index contributed by atoms with van der Waals surface area (Å²) in [7, 11) is 0. The van der Waals surface area contributed by atoms with Gasteiger partial charge in [0.15, 0.2) is 0 Å². The van der Waals surface area contributed by atoms with E-state index in [0.29, 0.717) is 10.7 Å². The number of nitrogens with zero attached hydrogens (tertiary/aromatic N) is 1. The van der Waals surface area contributed by atoms with Crippen molar-refractivity contribution in [2.75, 3.05) is 11.9 Å². The molecule has 4 nitrogen and oxygen atoms in total. The fourth-order valence-electron chi connectivity index (χ4n) is 2.51. The van der Waals surface area contributed by atoms with Crippen molar-refractivity contribution in [3.63, 3.8) is 0 Å². The largest absolute Gasteiger partial charge is 0.326 e. The molecule has 104 valence electrons. The third kappa shape index (κ3) is 3.39. The first-order valence-electron chi connectivity index (χ1n) is 6.67. The van der Waals surface area contributed by atoms with E-state index >= 15 is 0 Å². The number of hydrogen-bond acceptors (Lipinski definition) is 2. The number of carbonyl (C=O) groups is 1. The van der Waals surface area contributed by atoms with Crippen LogP contribution in [-0.4, -0.2) is 29.6 Å². The molecule has 5 heteroatoms. The summed E-state index contributed by atoms with van der Waals surface area (Å²) in [6.07, 6.45) is 3.12. The van der Waals surface area contributed by atoms with Crippen LogP contribution in [0.4, 0.5) is 10.5 Å². The van der Waals surface area contributed by atoms with Crippen LogP contribution in [-0.2, 0) is 0 Å². The molecular formula is C14H20ClN3O. The normalized spacial score (nSPS) is 21.0. The van der Waals surface area contributed by atoms with Crippen molar-refractivity contribution in [3.05, 3.63) is 29.3 Å². The van der Waals surface area contributed by atoms with E-state index in [1.807, 2.05) is 24.0 Å². The molecule has 1 saturated heterocycles. The average Bonchev–Trinajstić information content (AvgIpc) is 2.41. The summed E-state index contributed by atoms with van der Waals surface area (Å²) in [4.78, 5) is 14.2. The maximum absolute atomic E-state index is 12.3. The fourth-order valence-corrected chi connectivity index (χ4v) is 2.69. The molecule has 2 amide bonds. The van der Waals surface area contributed by atoms with Crippen LogP contribution < -0.4 is 11.1 Å². The molecule has 0 aromatic heterocycles. The van der Waals surface area contributed by atoms with Crippen LogP contribution in [0, 0.1) is 0 Å². The van der Waals surface area contributed by atoms with Crippen molar-refractivity contribution in [2.24, 2.45) is 5.73 Å². The van der Waals surface area contributed by atoms with Crippen molar-refractivity contribution in [2.45, 2.75) is 38.3 Å². The van der Waals surface area contributed by atoms with Crippen LogP contribution in [0.5, 0.6) is 0 Å². The van der Waals surface area contributed by atoms with E-state index in [0.717, 1.165) is 25.8 Å². The number of hydrogen-bond donors (Lipinski definition) is 2. The van der Waals surface area contributed by atoms with E-state index in [4.69, 9.17) is 17.3 Å². The number of urea groups is 1. The summed E-state index contributed by atoms with van der Waals surface area (Å²) < 4.78 is 0. The molecule has 1 aliphatic heterocycles. The monoisotopic (exact) mass is 281 g/mol. The molecule has 1 aromatic rings. The van der Waals surface area contributed by atoms with Crippen molar-refractivity contribution in [3.8, 4) is 0 Å². The zero-order chi connectivity index (χ0) is 13.8. The highest BCUT2D eigenvalue weighted by Gasteiger charge is 2.29. The average molecular weight is 282 g/mol. The van der Waals surface area contributed by atoms with Crippen LogP contribution in [0.25, 0.3) is 0 Å². The van der Waals surface area contributed by atoms with Gasteiger partial charge in [0.2, 0.25) is 0 Å². The predicted octanol–water partition coefficient (Wildman–Crippen LogP) is 3.07. The molecule has 19 heavy (non-hydrogen) atoms. The number of likely N-dealkylation sites (tertiary alicyclic amines) is 1. The van der Waals surface area contributed by atoms with Crippen molar-refractivity contribution in [1.82, 2.24) is 4.90 Å². The quantitative estimate of drug-likeness (QED) is 0.875. The minimum Gasteiger partial charge on any atom is -0.326 e. The lowest BCUT2D eigenvalue weighted by Gasteiger charge is -2.38. The van der Waals surface area contributed by atoms with Crippen LogP contribution in [0.3, 0.4) is 0 Å². The number of halogens is 1. The first kappa shape index (κ1) is 14.2. The van der Waals surface area contributed by atoms with E-state index in [1.165, 1.54) is 0 Å². The predicted molar refractivity (Wildman–Crippen MR) is 78.5 cm³/mol. The molecule has 1 aliphatic rings. The van der Waals surface area contributed by atoms with Gasteiger partial charge >= 0.3 is 6.03 Å². The van der Waals surface area contributed by atoms with Crippen LogP contribution >= 0.6 is 11.6 Å². The maximum atomic E-state index is 12.3. The van der Waals surface area contributed by atoms with E-state index in [9.17, 15) is 4.79 Å². The van der Waals surface area contributed by atoms with Crippen molar-refractivity contribution < 1.29 is 4.79 Å². The highest BCUT2D eigenvalue weighted by atomic mass is 35.5. The number of anilines is 1. The Morgan fingerprint density at radius 1 is 1.47 bits per heavy atom. The standard InChI is InChI=1S/C14H20ClN3O/c1-10(16)13-8-4-5-9-18(13)14(19)17-12-7-3-2-6-11(12)15/h2-3,6-7,10,13H,4-5,8-9,16H2,1H3,(H,17,19). The van der Waals surface area contributed by atoms with Crippen LogP contribution in [0.2, 0.25) is 5.02 Å². The molecule has 3 N–H and O–H groups in total. The lowest BCUT2D eigenvalue weighted by molar-refractivity contribution is 0.151. The summed E-state index contributed by atoms with van der Waals surface area (Å²) in [5, 5.41) is 3.41. The number of carbonyl (C=O) groups excluding carboxylic acids is 1. The van der Waals surface area contributed by atoms with Crippen LogP contribution in [0.15, 0.2) is 24.3 Å². The Kier molecular flexibility index (Phi) is 4.66. The van der Waals surface area contributed by atoms with Gasteiger partial charge in [0.25, 0.3) is 0 Å². The highest BCUT2D eigenvalue weighted by molar-refractivity contribution is 6.33. The Hall–Kier alpha value is -1.26. The van der Waals surface area contributed by atoms with Gasteiger partial charge in [0, 0.05) is 18.6 Å². The number of nitrogens with two attached hydrogens (primary N) is 1. The van der Waals surface area contributed by atoms with Gasteiger partial charge in [0.05, 0.1) is 10.7 Å². The van der Waals surface area contributed by atoms with E-state index in [-0.39, 0.29) is 18.1 Å². The Labute approximate surface area is 118 Å². The second kappa shape index (κ2) is 6.26. The van der Waals surface area contributed by atoms with E-state index in [1.54, 1.807) is 12.1 Å². The Balaban J connectivity index is 2.08. The minimum atomic E-state index is -0.116. The number of para-hydroxylation sites is 1. The summed E-state index contributed by atoms with van der Waals surface area (Å²) in [5.74, 6) is 0.